The molecule has 1 fully saturated rings. The Labute approximate surface area is 118 Å². The number of hydrogen-bond donors (Lipinski definition) is 2. The summed E-state index contributed by atoms with van der Waals surface area (Å²) in [6, 6.07) is 8.63. The molecule has 98 valence electrons. The predicted molar refractivity (Wildman–Crippen MR) is 83.4 cm³/mol. The summed E-state index contributed by atoms with van der Waals surface area (Å²) in [5.41, 5.74) is 8.68. The molecule has 0 radical (unpaired) electrons. The second-order valence-electron chi connectivity index (χ2n) is 5.08. The highest BCUT2D eigenvalue weighted by molar-refractivity contribution is 7.80. The Balaban J connectivity index is 2.07. The number of nitrogens with one attached hydrogen (secondary N) is 1. The average molecular weight is 271 g/mol. The van der Waals surface area contributed by atoms with Crippen molar-refractivity contribution in [2.24, 2.45) is 11.7 Å². The molecule has 0 aliphatic heterocycles. The topological polar surface area (TPSA) is 50.9 Å². The fourth-order valence-corrected chi connectivity index (χ4v) is 2.70. The number of nitrogens with zero attached hydrogens (tertiary/aromatic N) is 1. The van der Waals surface area contributed by atoms with Crippen LogP contribution < -0.4 is 11.1 Å². The number of aromatic nitrogens is 1. The number of para-hydroxylation sites is 1. The first-order valence-electron chi connectivity index (χ1n) is 6.64. The van der Waals surface area contributed by atoms with Crippen molar-refractivity contribution in [3.8, 4) is 0 Å². The van der Waals surface area contributed by atoms with E-state index in [1.807, 2.05) is 18.2 Å². The van der Waals surface area contributed by atoms with Gasteiger partial charge in [0.15, 0.2) is 0 Å². The SMILES string of the molecule is CCC1CC1Nc1c(C(N)=S)cnc2ccccc12. The largest absolute Gasteiger partial charge is 0.389 e. The smallest absolute Gasteiger partial charge is 0.107 e. The number of rotatable bonds is 4. The van der Waals surface area contributed by atoms with Gasteiger partial charge in [0.2, 0.25) is 0 Å². The first-order chi connectivity index (χ1) is 9.20. The molecule has 4 heteroatoms. The van der Waals surface area contributed by atoms with Gasteiger partial charge < -0.3 is 11.1 Å². The summed E-state index contributed by atoms with van der Waals surface area (Å²) in [5, 5.41) is 4.69. The molecule has 2 unspecified atom stereocenters. The van der Waals surface area contributed by atoms with Crippen molar-refractivity contribution in [3.63, 3.8) is 0 Å². The third-order valence-corrected chi connectivity index (χ3v) is 4.04. The monoisotopic (exact) mass is 271 g/mol. The highest BCUT2D eigenvalue weighted by Crippen LogP contribution is 2.38. The van der Waals surface area contributed by atoms with Crippen LogP contribution in [0.25, 0.3) is 10.9 Å². The molecule has 19 heavy (non-hydrogen) atoms. The third kappa shape index (κ3) is 2.28. The normalized spacial score (nSPS) is 21.3. The fraction of sp³-hybridized carbons (Fsp3) is 0.333. The van der Waals surface area contributed by atoms with Crippen LogP contribution in [-0.4, -0.2) is 16.0 Å². The van der Waals surface area contributed by atoms with E-state index in [2.05, 4.69) is 23.3 Å². The van der Waals surface area contributed by atoms with E-state index >= 15 is 0 Å². The lowest BCUT2D eigenvalue weighted by Crippen LogP contribution is -2.15. The molecule has 2 atom stereocenters. The van der Waals surface area contributed by atoms with E-state index in [0.717, 1.165) is 28.1 Å². The van der Waals surface area contributed by atoms with E-state index in [4.69, 9.17) is 18.0 Å². The number of nitrogens with two attached hydrogens (primary N) is 1. The Morgan fingerprint density at radius 2 is 2.26 bits per heavy atom. The van der Waals surface area contributed by atoms with Gasteiger partial charge in [0.1, 0.15) is 4.99 Å². The predicted octanol–water partition coefficient (Wildman–Crippen LogP) is 3.08. The second kappa shape index (κ2) is 4.78. The van der Waals surface area contributed by atoms with Gasteiger partial charge in [0, 0.05) is 17.6 Å². The van der Waals surface area contributed by atoms with Crippen molar-refractivity contribution in [2.75, 3.05) is 5.32 Å². The molecule has 1 aromatic heterocycles. The highest BCUT2D eigenvalue weighted by Gasteiger charge is 2.35. The number of pyridine rings is 1. The number of thiocarbonyl (C=S) groups is 1. The third-order valence-electron chi connectivity index (χ3n) is 3.82. The van der Waals surface area contributed by atoms with Gasteiger partial charge in [-0.15, -0.1) is 0 Å². The van der Waals surface area contributed by atoms with Crippen molar-refractivity contribution in [1.29, 1.82) is 0 Å². The first-order valence-corrected chi connectivity index (χ1v) is 7.05. The number of fused-ring (bicyclic) bond motifs is 1. The molecule has 0 bridgehead atoms. The van der Waals surface area contributed by atoms with Gasteiger partial charge in [-0.2, -0.15) is 0 Å². The van der Waals surface area contributed by atoms with E-state index in [0.29, 0.717) is 11.0 Å². The first kappa shape index (κ1) is 12.4. The molecule has 0 saturated heterocycles. The van der Waals surface area contributed by atoms with Crippen molar-refractivity contribution in [2.45, 2.75) is 25.8 Å². The average Bonchev–Trinajstić information content (AvgIpc) is 3.17. The molecule has 1 aliphatic rings. The van der Waals surface area contributed by atoms with Crippen LogP contribution in [0.2, 0.25) is 0 Å². The second-order valence-corrected chi connectivity index (χ2v) is 5.52. The number of hydrogen-bond acceptors (Lipinski definition) is 3. The van der Waals surface area contributed by atoms with E-state index in [1.165, 1.54) is 12.8 Å². The fourth-order valence-electron chi connectivity index (χ4n) is 2.54. The summed E-state index contributed by atoms with van der Waals surface area (Å²) < 4.78 is 0. The Morgan fingerprint density at radius 3 is 2.95 bits per heavy atom. The molecule has 1 aliphatic carbocycles. The molecule has 0 spiro atoms. The molecule has 1 aromatic carbocycles. The Kier molecular flexibility index (Phi) is 3.11. The van der Waals surface area contributed by atoms with Crippen LogP contribution in [-0.2, 0) is 0 Å². The number of benzene rings is 1. The van der Waals surface area contributed by atoms with Crippen LogP contribution in [0, 0.1) is 5.92 Å². The summed E-state index contributed by atoms with van der Waals surface area (Å²) in [4.78, 5) is 4.82. The number of anilines is 1. The molecular formula is C15H17N3S. The summed E-state index contributed by atoms with van der Waals surface area (Å²) in [6.45, 7) is 2.23. The van der Waals surface area contributed by atoms with Gasteiger partial charge in [-0.1, -0.05) is 43.8 Å². The quantitative estimate of drug-likeness (QED) is 0.839. The van der Waals surface area contributed by atoms with Crippen LogP contribution >= 0.6 is 12.2 Å². The van der Waals surface area contributed by atoms with Crippen molar-refractivity contribution >= 4 is 33.8 Å². The van der Waals surface area contributed by atoms with Gasteiger partial charge >= 0.3 is 0 Å². The molecular weight excluding hydrogens is 254 g/mol. The van der Waals surface area contributed by atoms with Gasteiger partial charge in [0.25, 0.3) is 0 Å². The Morgan fingerprint density at radius 1 is 1.47 bits per heavy atom. The van der Waals surface area contributed by atoms with Gasteiger partial charge in [0.05, 0.1) is 16.8 Å². The summed E-state index contributed by atoms with van der Waals surface area (Å²) in [7, 11) is 0. The standard InChI is InChI=1S/C15H17N3S/c1-2-9-7-13(9)18-14-10-5-3-4-6-12(10)17-8-11(14)15(16)19/h3-6,8-9,13H,2,7H2,1H3,(H2,16,19)(H,17,18). The van der Waals surface area contributed by atoms with Crippen molar-refractivity contribution in [1.82, 2.24) is 4.98 Å². The maximum Gasteiger partial charge on any atom is 0.107 e. The van der Waals surface area contributed by atoms with Crippen LogP contribution in [0.3, 0.4) is 0 Å². The highest BCUT2D eigenvalue weighted by atomic mass is 32.1. The van der Waals surface area contributed by atoms with Crippen LogP contribution in [0.15, 0.2) is 30.5 Å². The Bertz CT molecular complexity index is 638. The molecule has 1 heterocycles. The molecule has 2 aromatic rings. The lowest BCUT2D eigenvalue weighted by molar-refractivity contribution is 0.775. The summed E-state index contributed by atoms with van der Waals surface area (Å²) >= 11 is 5.14. The van der Waals surface area contributed by atoms with E-state index in [-0.39, 0.29) is 0 Å². The van der Waals surface area contributed by atoms with Gasteiger partial charge in [-0.05, 0) is 18.4 Å². The summed E-state index contributed by atoms with van der Waals surface area (Å²) in [5.74, 6) is 0.770. The lowest BCUT2D eigenvalue weighted by atomic mass is 10.1. The van der Waals surface area contributed by atoms with Crippen molar-refractivity contribution < 1.29 is 0 Å². The molecule has 1 saturated carbocycles. The zero-order valence-corrected chi connectivity index (χ0v) is 11.7. The maximum atomic E-state index is 5.82. The van der Waals surface area contributed by atoms with Crippen LogP contribution in [0.5, 0.6) is 0 Å². The van der Waals surface area contributed by atoms with Crippen molar-refractivity contribution in [3.05, 3.63) is 36.0 Å². The van der Waals surface area contributed by atoms with Gasteiger partial charge in [-0.3, -0.25) is 4.98 Å². The summed E-state index contributed by atoms with van der Waals surface area (Å²) in [6.07, 6.45) is 4.21. The Hall–Kier alpha value is -1.68. The van der Waals surface area contributed by atoms with Gasteiger partial charge in [-0.25, -0.2) is 0 Å². The zero-order chi connectivity index (χ0) is 13.4. The maximum absolute atomic E-state index is 5.82. The molecule has 0 amide bonds. The minimum Gasteiger partial charge on any atom is -0.389 e. The minimum atomic E-state index is 0.398. The van der Waals surface area contributed by atoms with Crippen LogP contribution in [0.4, 0.5) is 5.69 Å². The minimum absolute atomic E-state index is 0.398. The molecule has 3 nitrogen and oxygen atoms in total. The van der Waals surface area contributed by atoms with Crippen LogP contribution in [0.1, 0.15) is 25.3 Å². The van der Waals surface area contributed by atoms with E-state index < -0.39 is 0 Å². The van der Waals surface area contributed by atoms with E-state index in [9.17, 15) is 0 Å². The molecule has 3 N–H and O–H groups in total. The molecule has 3 rings (SSSR count). The lowest BCUT2D eigenvalue weighted by Gasteiger charge is -2.13. The van der Waals surface area contributed by atoms with E-state index in [1.54, 1.807) is 6.20 Å². The zero-order valence-electron chi connectivity index (χ0n) is 10.9.